The van der Waals surface area contributed by atoms with Gasteiger partial charge in [-0.25, -0.2) is 0 Å². The first-order valence-corrected chi connectivity index (χ1v) is 9.20. The van der Waals surface area contributed by atoms with Gasteiger partial charge in [-0.2, -0.15) is 0 Å². The molecule has 0 aromatic heterocycles. The number of carbonyl (C=O) groups is 1. The Labute approximate surface area is 150 Å². The smallest absolute Gasteiger partial charge is 0.254 e. The fourth-order valence-electron chi connectivity index (χ4n) is 2.87. The Bertz CT molecular complexity index is 552. The molecule has 1 aromatic carbocycles. The van der Waals surface area contributed by atoms with E-state index >= 15 is 0 Å². The summed E-state index contributed by atoms with van der Waals surface area (Å²) in [5.41, 5.74) is 0.564. The van der Waals surface area contributed by atoms with Gasteiger partial charge < -0.3 is 14.4 Å². The molecule has 0 N–H and O–H groups in total. The zero-order chi connectivity index (χ0) is 17.5. The molecule has 1 saturated heterocycles. The zero-order valence-electron chi connectivity index (χ0n) is 14.9. The molecule has 1 heterocycles. The van der Waals surface area contributed by atoms with Gasteiger partial charge in [-0.3, -0.25) is 4.79 Å². The molecular weight excluding hydrogens is 326 g/mol. The summed E-state index contributed by atoms with van der Waals surface area (Å²) in [6.45, 7) is 6.31. The summed E-state index contributed by atoms with van der Waals surface area (Å²) in [6, 6.07) is 3.43. The summed E-state index contributed by atoms with van der Waals surface area (Å²) >= 11 is 6.36. The maximum absolute atomic E-state index is 12.8. The van der Waals surface area contributed by atoms with Gasteiger partial charge in [0.1, 0.15) is 0 Å². The maximum Gasteiger partial charge on any atom is 0.254 e. The first-order chi connectivity index (χ1) is 11.5. The van der Waals surface area contributed by atoms with Gasteiger partial charge in [-0.05, 0) is 30.9 Å². The van der Waals surface area contributed by atoms with Crippen LogP contribution in [0.5, 0.6) is 11.5 Å². The van der Waals surface area contributed by atoms with E-state index in [-0.39, 0.29) is 5.91 Å². The van der Waals surface area contributed by atoms with Gasteiger partial charge in [-0.15, -0.1) is 0 Å². The van der Waals surface area contributed by atoms with Gasteiger partial charge in [0.05, 0.1) is 18.7 Å². The number of amides is 1. The molecule has 4 nitrogen and oxygen atoms in total. The maximum atomic E-state index is 12.8. The van der Waals surface area contributed by atoms with Crippen molar-refractivity contribution in [2.24, 2.45) is 5.92 Å². The Morgan fingerprint density at radius 1 is 1.17 bits per heavy atom. The molecule has 0 aliphatic carbocycles. The lowest BCUT2D eigenvalue weighted by molar-refractivity contribution is 0.0742. The molecule has 1 aromatic rings. The summed E-state index contributed by atoms with van der Waals surface area (Å²) in [5.74, 6) is 1.43. The van der Waals surface area contributed by atoms with Crippen LogP contribution in [0.4, 0.5) is 0 Å². The molecule has 5 heteroatoms. The van der Waals surface area contributed by atoms with Crippen molar-refractivity contribution in [2.45, 2.75) is 46.0 Å². The Balaban J connectivity index is 2.20. The lowest BCUT2D eigenvalue weighted by Gasteiger charge is -2.25. The number of methoxy groups -OCH3 is 1. The first-order valence-electron chi connectivity index (χ1n) is 8.82. The number of rotatable bonds is 5. The van der Waals surface area contributed by atoms with E-state index in [1.165, 1.54) is 19.3 Å². The third-order valence-corrected chi connectivity index (χ3v) is 4.46. The molecule has 0 bridgehead atoms. The molecule has 1 amide bonds. The highest BCUT2D eigenvalue weighted by Crippen LogP contribution is 2.37. The van der Waals surface area contributed by atoms with E-state index in [0.717, 1.165) is 25.9 Å². The van der Waals surface area contributed by atoms with Crippen LogP contribution in [0.1, 0.15) is 56.3 Å². The fraction of sp³-hybridized carbons (Fsp3) is 0.632. The molecule has 1 aliphatic rings. The molecule has 134 valence electrons. The van der Waals surface area contributed by atoms with Crippen molar-refractivity contribution in [1.29, 1.82) is 0 Å². The number of halogens is 1. The molecule has 24 heavy (non-hydrogen) atoms. The molecule has 0 spiro atoms. The summed E-state index contributed by atoms with van der Waals surface area (Å²) in [6.07, 6.45) is 5.77. The first kappa shape index (κ1) is 18.9. The Hall–Kier alpha value is -1.42. The summed E-state index contributed by atoms with van der Waals surface area (Å²) in [7, 11) is 1.57. The molecule has 1 aliphatic heterocycles. The van der Waals surface area contributed by atoms with E-state index in [4.69, 9.17) is 21.1 Å². The van der Waals surface area contributed by atoms with Crippen LogP contribution in [0.15, 0.2) is 12.1 Å². The van der Waals surface area contributed by atoms with E-state index in [2.05, 4.69) is 13.8 Å². The SMILES string of the molecule is COc1cc(C(=O)N2CCCCCCC2)cc(Cl)c1OCC(C)C. The monoisotopic (exact) mass is 353 g/mol. The Kier molecular flexibility index (Phi) is 7.22. The second kappa shape index (κ2) is 9.16. The van der Waals surface area contributed by atoms with Crippen molar-refractivity contribution in [3.63, 3.8) is 0 Å². The number of benzene rings is 1. The van der Waals surface area contributed by atoms with Crippen LogP contribution < -0.4 is 9.47 Å². The van der Waals surface area contributed by atoms with Gasteiger partial charge >= 0.3 is 0 Å². The quantitative estimate of drug-likeness (QED) is 0.763. The number of hydrogen-bond donors (Lipinski definition) is 0. The molecule has 0 unspecified atom stereocenters. The van der Waals surface area contributed by atoms with Gasteiger partial charge in [0.2, 0.25) is 0 Å². The molecule has 1 fully saturated rings. The topological polar surface area (TPSA) is 38.8 Å². The van der Waals surface area contributed by atoms with E-state index in [9.17, 15) is 4.79 Å². The number of hydrogen-bond acceptors (Lipinski definition) is 3. The van der Waals surface area contributed by atoms with Crippen LogP contribution >= 0.6 is 11.6 Å². The third-order valence-electron chi connectivity index (χ3n) is 4.18. The minimum absolute atomic E-state index is 0.0208. The van der Waals surface area contributed by atoms with Crippen molar-refractivity contribution in [3.05, 3.63) is 22.7 Å². The van der Waals surface area contributed by atoms with Gasteiger partial charge in [0.25, 0.3) is 5.91 Å². The van der Waals surface area contributed by atoms with Crippen LogP contribution in [0.2, 0.25) is 5.02 Å². The van der Waals surface area contributed by atoms with Crippen LogP contribution in [0.25, 0.3) is 0 Å². The van der Waals surface area contributed by atoms with E-state index < -0.39 is 0 Å². The van der Waals surface area contributed by atoms with Crippen molar-refractivity contribution in [3.8, 4) is 11.5 Å². The molecule has 0 radical (unpaired) electrons. The summed E-state index contributed by atoms with van der Waals surface area (Å²) < 4.78 is 11.2. The lowest BCUT2D eigenvalue weighted by atomic mass is 10.1. The highest BCUT2D eigenvalue weighted by Gasteiger charge is 2.21. The molecule has 0 atom stereocenters. The normalized spacial score (nSPS) is 15.8. The van der Waals surface area contributed by atoms with E-state index in [1.807, 2.05) is 4.90 Å². The number of ether oxygens (including phenoxy) is 2. The third kappa shape index (κ3) is 5.04. The predicted molar refractivity (Wildman–Crippen MR) is 97.3 cm³/mol. The average Bonchev–Trinajstić information content (AvgIpc) is 2.52. The second-order valence-electron chi connectivity index (χ2n) is 6.75. The van der Waals surface area contributed by atoms with E-state index in [0.29, 0.717) is 34.6 Å². The van der Waals surface area contributed by atoms with Gasteiger partial charge in [0.15, 0.2) is 11.5 Å². The minimum atomic E-state index is 0.0208. The Morgan fingerprint density at radius 3 is 2.38 bits per heavy atom. The van der Waals surface area contributed by atoms with Gasteiger partial charge in [0, 0.05) is 18.7 Å². The standard InChI is InChI=1S/C19H28ClNO3/c1-14(2)13-24-18-16(20)11-15(12-17(18)23-3)19(22)21-9-7-5-4-6-8-10-21/h11-12,14H,4-10,13H2,1-3H3. The van der Waals surface area contributed by atoms with Crippen molar-refractivity contribution in [2.75, 3.05) is 26.8 Å². The molecule has 0 saturated carbocycles. The fourth-order valence-corrected chi connectivity index (χ4v) is 3.13. The van der Waals surface area contributed by atoms with E-state index in [1.54, 1.807) is 19.2 Å². The Morgan fingerprint density at radius 2 is 1.79 bits per heavy atom. The van der Waals surface area contributed by atoms with Crippen molar-refractivity contribution >= 4 is 17.5 Å². The van der Waals surface area contributed by atoms with Crippen molar-refractivity contribution in [1.82, 2.24) is 4.90 Å². The van der Waals surface area contributed by atoms with Crippen LogP contribution in [0, 0.1) is 5.92 Å². The van der Waals surface area contributed by atoms with Crippen LogP contribution in [0.3, 0.4) is 0 Å². The van der Waals surface area contributed by atoms with Gasteiger partial charge in [-0.1, -0.05) is 44.7 Å². The number of carbonyl (C=O) groups excluding carboxylic acids is 1. The second-order valence-corrected chi connectivity index (χ2v) is 7.16. The number of nitrogens with zero attached hydrogens (tertiary/aromatic N) is 1. The predicted octanol–water partition coefficient (Wildman–Crippen LogP) is 4.79. The average molecular weight is 354 g/mol. The largest absolute Gasteiger partial charge is 0.493 e. The number of likely N-dealkylation sites (tertiary alicyclic amines) is 1. The van der Waals surface area contributed by atoms with Crippen LogP contribution in [-0.4, -0.2) is 37.6 Å². The zero-order valence-corrected chi connectivity index (χ0v) is 15.7. The summed E-state index contributed by atoms with van der Waals surface area (Å²) in [5, 5.41) is 0.422. The highest BCUT2D eigenvalue weighted by molar-refractivity contribution is 6.32. The minimum Gasteiger partial charge on any atom is -0.493 e. The molecule has 2 rings (SSSR count). The highest BCUT2D eigenvalue weighted by atomic mass is 35.5. The van der Waals surface area contributed by atoms with Crippen LogP contribution in [-0.2, 0) is 0 Å². The van der Waals surface area contributed by atoms with Crippen molar-refractivity contribution < 1.29 is 14.3 Å². The molecular formula is C19H28ClNO3. The lowest BCUT2D eigenvalue weighted by Crippen LogP contribution is -2.33. The summed E-state index contributed by atoms with van der Waals surface area (Å²) in [4.78, 5) is 14.8.